The first-order valence-electron chi connectivity index (χ1n) is 6.15. The Morgan fingerprint density at radius 2 is 1.88 bits per heavy atom. The third-order valence-electron chi connectivity index (χ3n) is 2.80. The first kappa shape index (κ1) is 18.5. The normalized spacial score (nSPS) is 12.2. The van der Waals surface area contributed by atoms with E-state index in [1.807, 2.05) is 0 Å². The van der Waals surface area contributed by atoms with Crippen molar-refractivity contribution in [2.24, 2.45) is 0 Å². The van der Waals surface area contributed by atoms with Crippen molar-refractivity contribution >= 4 is 26.0 Å². The van der Waals surface area contributed by atoms with Gasteiger partial charge in [0.25, 0.3) is 5.56 Å². The van der Waals surface area contributed by atoms with E-state index in [1.165, 1.54) is 18.2 Å². The van der Waals surface area contributed by atoms with Gasteiger partial charge in [-0.05, 0) is 39.7 Å². The molecule has 24 heavy (non-hydrogen) atoms. The second-order valence-electron chi connectivity index (χ2n) is 4.54. The first-order valence-corrected chi connectivity index (χ1v) is 8.35. The molecule has 1 heterocycles. The SMILES string of the molecule is O=c1c(Br)c(OS(=O)(=O)C(F)(F)F)ccn1Cc1cccc(F)c1. The van der Waals surface area contributed by atoms with Crippen LogP contribution in [0.15, 0.2) is 45.8 Å². The summed E-state index contributed by atoms with van der Waals surface area (Å²) in [5.74, 6) is -1.32. The van der Waals surface area contributed by atoms with Crippen molar-refractivity contribution in [3.05, 3.63) is 62.7 Å². The van der Waals surface area contributed by atoms with Crippen LogP contribution in [0.25, 0.3) is 0 Å². The molecule has 0 unspecified atom stereocenters. The van der Waals surface area contributed by atoms with Gasteiger partial charge in [-0.2, -0.15) is 21.6 Å². The van der Waals surface area contributed by atoms with E-state index in [9.17, 15) is 30.8 Å². The number of aromatic nitrogens is 1. The molecule has 0 aliphatic carbocycles. The maximum Gasteiger partial charge on any atom is 0.534 e. The lowest BCUT2D eigenvalue weighted by Gasteiger charge is -2.12. The van der Waals surface area contributed by atoms with Crippen molar-refractivity contribution in [3.63, 3.8) is 0 Å². The highest BCUT2D eigenvalue weighted by molar-refractivity contribution is 9.10. The molecule has 130 valence electrons. The van der Waals surface area contributed by atoms with Crippen LogP contribution >= 0.6 is 15.9 Å². The van der Waals surface area contributed by atoms with Crippen molar-refractivity contribution in [2.45, 2.75) is 12.1 Å². The predicted molar refractivity (Wildman–Crippen MR) is 79.5 cm³/mol. The fourth-order valence-corrected chi connectivity index (χ4v) is 2.73. The molecule has 0 saturated heterocycles. The van der Waals surface area contributed by atoms with Crippen molar-refractivity contribution in [3.8, 4) is 5.75 Å². The average Bonchev–Trinajstić information content (AvgIpc) is 2.46. The van der Waals surface area contributed by atoms with Crippen molar-refractivity contribution in [2.75, 3.05) is 0 Å². The number of benzene rings is 1. The molecule has 5 nitrogen and oxygen atoms in total. The van der Waals surface area contributed by atoms with E-state index < -0.39 is 37.2 Å². The molecule has 2 rings (SSSR count). The maximum atomic E-state index is 13.1. The Bertz CT molecular complexity index is 924. The average molecular weight is 430 g/mol. The Balaban J connectivity index is 2.34. The number of alkyl halides is 3. The number of pyridine rings is 1. The van der Waals surface area contributed by atoms with Gasteiger partial charge >= 0.3 is 15.6 Å². The second kappa shape index (κ2) is 6.55. The fraction of sp³-hybridized carbons (Fsp3) is 0.154. The van der Waals surface area contributed by atoms with Gasteiger partial charge in [-0.3, -0.25) is 4.79 Å². The minimum Gasteiger partial charge on any atom is -0.375 e. The molecule has 0 spiro atoms. The summed E-state index contributed by atoms with van der Waals surface area (Å²) < 4.78 is 76.5. The number of rotatable bonds is 4. The molecule has 0 fully saturated rings. The van der Waals surface area contributed by atoms with Gasteiger partial charge in [0.15, 0.2) is 5.75 Å². The van der Waals surface area contributed by atoms with E-state index >= 15 is 0 Å². The van der Waals surface area contributed by atoms with Crippen LogP contribution in [0.5, 0.6) is 5.75 Å². The van der Waals surface area contributed by atoms with Gasteiger partial charge in [0.05, 0.1) is 6.54 Å². The molecule has 1 aromatic heterocycles. The van der Waals surface area contributed by atoms with E-state index in [0.717, 1.165) is 16.8 Å². The van der Waals surface area contributed by atoms with Gasteiger partial charge in [-0.1, -0.05) is 12.1 Å². The van der Waals surface area contributed by atoms with Crippen LogP contribution in [0, 0.1) is 5.82 Å². The quantitative estimate of drug-likeness (QED) is 0.425. The summed E-state index contributed by atoms with van der Waals surface area (Å²) in [6.45, 7) is -0.0680. The van der Waals surface area contributed by atoms with Gasteiger partial charge in [0, 0.05) is 6.20 Å². The molecular weight excluding hydrogens is 422 g/mol. The van der Waals surface area contributed by atoms with Gasteiger partial charge < -0.3 is 8.75 Å². The highest BCUT2D eigenvalue weighted by atomic mass is 79.9. The summed E-state index contributed by atoms with van der Waals surface area (Å²) >= 11 is 2.71. The van der Waals surface area contributed by atoms with Crippen molar-refractivity contribution in [1.29, 1.82) is 0 Å². The molecule has 0 N–H and O–H groups in total. The highest BCUT2D eigenvalue weighted by Crippen LogP contribution is 2.29. The Morgan fingerprint density at radius 3 is 2.46 bits per heavy atom. The summed E-state index contributed by atoms with van der Waals surface area (Å²) in [6, 6.07) is 6.24. The molecule has 11 heteroatoms. The third kappa shape index (κ3) is 3.96. The van der Waals surface area contributed by atoms with Crippen LogP contribution in [0.3, 0.4) is 0 Å². The van der Waals surface area contributed by atoms with E-state index in [0.29, 0.717) is 5.56 Å². The molecule has 0 bridgehead atoms. The maximum absolute atomic E-state index is 13.1. The molecule has 0 radical (unpaired) electrons. The number of hydrogen-bond donors (Lipinski definition) is 0. The Kier molecular flexibility index (Phi) is 5.04. The predicted octanol–water partition coefficient (Wildman–Crippen LogP) is 3.03. The van der Waals surface area contributed by atoms with Crippen LogP contribution in [0.4, 0.5) is 17.6 Å². The Labute approximate surface area is 141 Å². The number of nitrogens with zero attached hydrogens (tertiary/aromatic N) is 1. The molecule has 0 saturated carbocycles. The lowest BCUT2D eigenvalue weighted by atomic mass is 10.2. The Hall–Kier alpha value is -1.88. The smallest absolute Gasteiger partial charge is 0.375 e. The summed E-state index contributed by atoms with van der Waals surface area (Å²) in [5.41, 5.74) is -6.03. The van der Waals surface area contributed by atoms with E-state index in [-0.39, 0.29) is 6.54 Å². The molecule has 0 amide bonds. The van der Waals surface area contributed by atoms with Crippen molar-refractivity contribution in [1.82, 2.24) is 4.57 Å². The van der Waals surface area contributed by atoms with Gasteiger partial charge in [0.2, 0.25) is 0 Å². The van der Waals surface area contributed by atoms with E-state index in [4.69, 9.17) is 0 Å². The Morgan fingerprint density at radius 1 is 1.21 bits per heavy atom. The molecule has 1 aromatic carbocycles. The summed E-state index contributed by atoms with van der Waals surface area (Å²) in [7, 11) is -5.90. The zero-order valence-electron chi connectivity index (χ0n) is 11.5. The summed E-state index contributed by atoms with van der Waals surface area (Å²) in [4.78, 5) is 12.1. The van der Waals surface area contributed by atoms with Crippen LogP contribution in [0.1, 0.15) is 5.56 Å². The van der Waals surface area contributed by atoms with Crippen LogP contribution in [-0.2, 0) is 16.7 Å². The molecule has 0 aliphatic heterocycles. The summed E-state index contributed by atoms with van der Waals surface area (Å²) in [5, 5.41) is 0. The second-order valence-corrected chi connectivity index (χ2v) is 6.87. The standard InChI is InChI=1S/C13H8BrF4NO4S/c14-11-10(23-24(21,22)13(16,17)18)4-5-19(12(11)20)7-8-2-1-3-9(15)6-8/h1-6H,7H2. The third-order valence-corrected chi connectivity index (χ3v) is 4.49. The largest absolute Gasteiger partial charge is 0.534 e. The lowest BCUT2D eigenvalue weighted by Crippen LogP contribution is -2.29. The zero-order chi connectivity index (χ0) is 18.1. The van der Waals surface area contributed by atoms with E-state index in [2.05, 4.69) is 20.1 Å². The van der Waals surface area contributed by atoms with Gasteiger partial charge in [-0.15, -0.1) is 0 Å². The fourth-order valence-electron chi connectivity index (χ4n) is 1.72. The first-order chi connectivity index (χ1) is 11.0. The topological polar surface area (TPSA) is 65.4 Å². The summed E-state index contributed by atoms with van der Waals surface area (Å²) in [6.07, 6.45) is 1.04. The highest BCUT2D eigenvalue weighted by Gasteiger charge is 2.48. The monoisotopic (exact) mass is 429 g/mol. The number of hydrogen-bond acceptors (Lipinski definition) is 4. The van der Waals surface area contributed by atoms with Crippen molar-refractivity contribution < 1.29 is 30.2 Å². The van der Waals surface area contributed by atoms with Gasteiger partial charge in [0.1, 0.15) is 10.3 Å². The van der Waals surface area contributed by atoms with Gasteiger partial charge in [-0.25, -0.2) is 4.39 Å². The molecular formula is C13H8BrF4NO4S. The zero-order valence-corrected chi connectivity index (χ0v) is 14.0. The number of halogens is 5. The lowest BCUT2D eigenvalue weighted by molar-refractivity contribution is -0.0500. The van der Waals surface area contributed by atoms with Crippen LogP contribution in [-0.4, -0.2) is 18.5 Å². The van der Waals surface area contributed by atoms with Crippen LogP contribution < -0.4 is 9.74 Å². The minimum absolute atomic E-state index is 0.0680. The minimum atomic E-state index is -5.90. The molecule has 0 aliphatic rings. The van der Waals surface area contributed by atoms with E-state index in [1.54, 1.807) is 6.07 Å². The van der Waals surface area contributed by atoms with Crippen LogP contribution in [0.2, 0.25) is 0 Å². The molecule has 0 atom stereocenters. The molecule has 2 aromatic rings.